The molecule has 4 rings (SSSR count). The number of carbonyl (C=O) groups is 1. The standard InChI is InChI=1S/C25H32N2O3S.ClH/c1-24(15-6-3-7-16-24)26-17-8-18-30-20-13-11-19(12-14-20)25(29-2)23(28)27-21-9-4-5-10-22(21)31-25;/h4-5,9-14,26H,3,6-8,15-18H2,1-2H3,(H,27,28);1H. The maximum atomic E-state index is 12.9. The van der Waals surface area contributed by atoms with E-state index in [1.807, 2.05) is 48.5 Å². The third kappa shape index (κ3) is 5.42. The van der Waals surface area contributed by atoms with Crippen LogP contribution in [0.3, 0.4) is 0 Å². The smallest absolute Gasteiger partial charge is 0.272 e. The summed E-state index contributed by atoms with van der Waals surface area (Å²) in [5.74, 6) is 0.634. The van der Waals surface area contributed by atoms with Gasteiger partial charge in [-0.1, -0.05) is 55.3 Å². The van der Waals surface area contributed by atoms with Crippen LogP contribution in [-0.2, 0) is 14.5 Å². The predicted octanol–water partition coefficient (Wildman–Crippen LogP) is 5.73. The van der Waals surface area contributed by atoms with E-state index in [9.17, 15) is 4.79 Å². The van der Waals surface area contributed by atoms with Crippen molar-refractivity contribution >= 4 is 35.8 Å². The number of methoxy groups -OCH3 is 1. The summed E-state index contributed by atoms with van der Waals surface area (Å²) >= 11 is 1.43. The number of thioether (sulfide) groups is 1. The summed E-state index contributed by atoms with van der Waals surface area (Å²) in [6.07, 6.45) is 7.54. The van der Waals surface area contributed by atoms with Gasteiger partial charge in [-0.25, -0.2) is 0 Å². The highest BCUT2D eigenvalue weighted by atomic mass is 35.5. The number of ether oxygens (including phenoxy) is 2. The molecule has 2 aromatic carbocycles. The molecule has 0 radical (unpaired) electrons. The van der Waals surface area contributed by atoms with Crippen LogP contribution in [0.2, 0.25) is 0 Å². The molecule has 2 N–H and O–H groups in total. The fourth-order valence-corrected chi connectivity index (χ4v) is 5.61. The number of carbonyl (C=O) groups excluding carboxylic acids is 1. The zero-order valence-electron chi connectivity index (χ0n) is 18.8. The maximum Gasteiger partial charge on any atom is 0.272 e. The van der Waals surface area contributed by atoms with Crippen molar-refractivity contribution in [1.29, 1.82) is 0 Å². The van der Waals surface area contributed by atoms with Gasteiger partial charge in [0.15, 0.2) is 0 Å². The second-order valence-corrected chi connectivity index (χ2v) is 9.87. The molecular weight excluding hydrogens is 444 g/mol. The van der Waals surface area contributed by atoms with Gasteiger partial charge in [0.05, 0.1) is 12.3 Å². The van der Waals surface area contributed by atoms with Gasteiger partial charge < -0.3 is 20.1 Å². The summed E-state index contributed by atoms with van der Waals surface area (Å²) in [7, 11) is 1.57. The highest BCUT2D eigenvalue weighted by Crippen LogP contribution is 2.49. The predicted molar refractivity (Wildman–Crippen MR) is 133 cm³/mol. The molecule has 2 aromatic rings. The van der Waals surface area contributed by atoms with Gasteiger partial charge in [0, 0.05) is 23.1 Å². The van der Waals surface area contributed by atoms with Gasteiger partial charge in [-0.3, -0.25) is 4.79 Å². The molecule has 1 amide bonds. The van der Waals surface area contributed by atoms with Crippen LogP contribution in [0.1, 0.15) is 51.0 Å². The maximum absolute atomic E-state index is 12.9. The average Bonchev–Trinajstić information content (AvgIpc) is 2.79. The Bertz CT molecular complexity index is 902. The van der Waals surface area contributed by atoms with Crippen LogP contribution in [0.15, 0.2) is 53.4 Å². The average molecular weight is 477 g/mol. The summed E-state index contributed by atoms with van der Waals surface area (Å²) in [5.41, 5.74) is 1.91. The number of hydrogen-bond donors (Lipinski definition) is 2. The molecule has 0 bridgehead atoms. The zero-order valence-corrected chi connectivity index (χ0v) is 20.4. The Morgan fingerprint density at radius 2 is 1.78 bits per heavy atom. The number of nitrogens with one attached hydrogen (secondary N) is 2. The molecule has 32 heavy (non-hydrogen) atoms. The van der Waals surface area contributed by atoms with Crippen LogP contribution in [-0.4, -0.2) is 31.7 Å². The van der Waals surface area contributed by atoms with Gasteiger partial charge in [0.1, 0.15) is 5.75 Å². The van der Waals surface area contributed by atoms with E-state index >= 15 is 0 Å². The van der Waals surface area contributed by atoms with E-state index in [0.717, 1.165) is 34.9 Å². The monoisotopic (exact) mass is 476 g/mol. The molecular formula is C25H33ClN2O3S. The Morgan fingerprint density at radius 1 is 1.06 bits per heavy atom. The zero-order chi connectivity index (χ0) is 21.7. The Morgan fingerprint density at radius 3 is 2.50 bits per heavy atom. The third-order valence-electron chi connectivity index (χ3n) is 6.31. The van der Waals surface area contributed by atoms with Crippen LogP contribution in [0, 0.1) is 0 Å². The van der Waals surface area contributed by atoms with Gasteiger partial charge in [0.25, 0.3) is 5.91 Å². The summed E-state index contributed by atoms with van der Waals surface area (Å²) in [6, 6.07) is 15.4. The van der Waals surface area contributed by atoms with Crippen molar-refractivity contribution in [3.63, 3.8) is 0 Å². The molecule has 1 atom stereocenters. The SMILES string of the molecule is COC1(c2ccc(OCCCNC3(C)CCCCC3)cc2)Sc2ccccc2NC1=O.Cl. The second-order valence-electron chi connectivity index (χ2n) is 8.65. The van der Waals surface area contributed by atoms with Gasteiger partial charge in [-0.05, 0) is 57.0 Å². The van der Waals surface area contributed by atoms with E-state index in [0.29, 0.717) is 12.1 Å². The van der Waals surface area contributed by atoms with Crippen LogP contribution in [0.25, 0.3) is 0 Å². The molecule has 2 aliphatic rings. The molecule has 1 aliphatic carbocycles. The van der Waals surface area contributed by atoms with Crippen molar-refractivity contribution in [2.75, 3.05) is 25.6 Å². The highest BCUT2D eigenvalue weighted by molar-refractivity contribution is 8.01. The van der Waals surface area contributed by atoms with Gasteiger partial charge in [0.2, 0.25) is 4.93 Å². The largest absolute Gasteiger partial charge is 0.494 e. The van der Waals surface area contributed by atoms with Crippen LogP contribution < -0.4 is 15.4 Å². The second kappa shape index (κ2) is 10.9. The first-order valence-electron chi connectivity index (χ1n) is 11.2. The first-order valence-corrected chi connectivity index (χ1v) is 12.0. The number of fused-ring (bicyclic) bond motifs is 1. The third-order valence-corrected chi connectivity index (χ3v) is 7.76. The number of benzene rings is 2. The molecule has 1 saturated carbocycles. The number of halogens is 1. The first-order chi connectivity index (χ1) is 15.0. The summed E-state index contributed by atoms with van der Waals surface area (Å²) in [6.45, 7) is 3.98. The minimum absolute atomic E-state index is 0. The summed E-state index contributed by atoms with van der Waals surface area (Å²) in [5, 5.41) is 6.69. The van der Waals surface area contributed by atoms with Crippen molar-refractivity contribution in [3.8, 4) is 5.75 Å². The molecule has 1 aliphatic heterocycles. The molecule has 0 saturated heterocycles. The van der Waals surface area contributed by atoms with E-state index in [-0.39, 0.29) is 18.3 Å². The Kier molecular flexibility index (Phi) is 8.50. The molecule has 0 spiro atoms. The fourth-order valence-electron chi connectivity index (χ4n) is 4.44. The molecule has 1 heterocycles. The highest BCUT2D eigenvalue weighted by Gasteiger charge is 2.45. The fraction of sp³-hybridized carbons (Fsp3) is 0.480. The lowest BCUT2D eigenvalue weighted by Gasteiger charge is -2.35. The molecule has 7 heteroatoms. The number of hydrogen-bond acceptors (Lipinski definition) is 5. The number of anilines is 1. The lowest BCUT2D eigenvalue weighted by molar-refractivity contribution is -0.129. The quantitative estimate of drug-likeness (QED) is 0.476. The lowest BCUT2D eigenvalue weighted by atomic mass is 9.83. The van der Waals surface area contributed by atoms with Gasteiger partial charge in [-0.2, -0.15) is 0 Å². The van der Waals surface area contributed by atoms with E-state index in [1.165, 1.54) is 43.9 Å². The van der Waals surface area contributed by atoms with Crippen LogP contribution in [0.5, 0.6) is 5.75 Å². The van der Waals surface area contributed by atoms with Gasteiger partial charge in [-0.15, -0.1) is 12.4 Å². The van der Waals surface area contributed by atoms with E-state index < -0.39 is 4.93 Å². The van der Waals surface area contributed by atoms with E-state index in [2.05, 4.69) is 17.6 Å². The summed E-state index contributed by atoms with van der Waals surface area (Å²) < 4.78 is 11.7. The van der Waals surface area contributed by atoms with Gasteiger partial charge >= 0.3 is 0 Å². The number of para-hydroxylation sites is 1. The minimum atomic E-state index is -1.10. The molecule has 1 fully saturated rings. The molecule has 1 unspecified atom stereocenters. The van der Waals surface area contributed by atoms with Crippen molar-refractivity contribution in [2.45, 2.75) is 60.8 Å². The number of rotatable bonds is 8. The normalized spacial score (nSPS) is 21.8. The molecule has 5 nitrogen and oxygen atoms in total. The first kappa shape index (κ1) is 24.9. The summed E-state index contributed by atoms with van der Waals surface area (Å²) in [4.78, 5) is 12.8. The van der Waals surface area contributed by atoms with Crippen LogP contribution >= 0.6 is 24.2 Å². The molecule has 0 aromatic heterocycles. The van der Waals surface area contributed by atoms with Crippen molar-refractivity contribution in [2.24, 2.45) is 0 Å². The Balaban J connectivity index is 0.00000289. The Hall–Kier alpha value is -1.73. The van der Waals surface area contributed by atoms with Crippen molar-refractivity contribution < 1.29 is 14.3 Å². The number of amides is 1. The minimum Gasteiger partial charge on any atom is -0.494 e. The Labute approximate surface area is 201 Å². The van der Waals surface area contributed by atoms with E-state index in [1.54, 1.807) is 7.11 Å². The molecule has 174 valence electrons. The topological polar surface area (TPSA) is 59.6 Å². The van der Waals surface area contributed by atoms with E-state index in [4.69, 9.17) is 9.47 Å². The van der Waals surface area contributed by atoms with Crippen LogP contribution in [0.4, 0.5) is 5.69 Å². The van der Waals surface area contributed by atoms with Crippen molar-refractivity contribution in [3.05, 3.63) is 54.1 Å². The lowest BCUT2D eigenvalue weighted by Crippen LogP contribution is -2.44. The van der Waals surface area contributed by atoms with Crippen molar-refractivity contribution in [1.82, 2.24) is 5.32 Å².